The van der Waals surface area contributed by atoms with Gasteiger partial charge in [-0.1, -0.05) is 6.07 Å². The Morgan fingerprint density at radius 1 is 1.50 bits per heavy atom. The second-order valence-corrected chi connectivity index (χ2v) is 4.87. The number of hydrogen-bond donors (Lipinski definition) is 0. The van der Waals surface area contributed by atoms with Gasteiger partial charge in [-0.05, 0) is 33.6 Å². The lowest BCUT2D eigenvalue weighted by molar-refractivity contribution is 0.411. The minimum atomic E-state index is -4.49. The zero-order valence-electron chi connectivity index (χ0n) is 7.33. The SMILES string of the molecule is COc1cc(CS(=O)(=O)F)ccc1Br. The van der Waals surface area contributed by atoms with Crippen LogP contribution in [-0.4, -0.2) is 15.5 Å². The molecule has 0 spiro atoms. The van der Waals surface area contributed by atoms with E-state index in [1.165, 1.54) is 19.2 Å². The predicted molar refractivity (Wildman–Crippen MR) is 54.4 cm³/mol. The van der Waals surface area contributed by atoms with E-state index < -0.39 is 16.0 Å². The Morgan fingerprint density at radius 2 is 2.14 bits per heavy atom. The second kappa shape index (κ2) is 4.27. The Kier molecular flexibility index (Phi) is 3.49. The molecule has 1 aromatic carbocycles. The molecule has 0 aliphatic rings. The van der Waals surface area contributed by atoms with E-state index in [0.29, 0.717) is 15.8 Å². The molecule has 3 nitrogen and oxygen atoms in total. The van der Waals surface area contributed by atoms with Crippen molar-refractivity contribution in [2.45, 2.75) is 5.75 Å². The van der Waals surface area contributed by atoms with Crippen LogP contribution in [0.5, 0.6) is 5.75 Å². The molecule has 14 heavy (non-hydrogen) atoms. The van der Waals surface area contributed by atoms with Crippen molar-refractivity contribution >= 4 is 26.2 Å². The van der Waals surface area contributed by atoms with Crippen LogP contribution in [0, 0.1) is 0 Å². The summed E-state index contributed by atoms with van der Waals surface area (Å²) in [5.74, 6) is -0.150. The van der Waals surface area contributed by atoms with Gasteiger partial charge in [0, 0.05) is 0 Å². The molecular formula is C8H8BrFO3S. The van der Waals surface area contributed by atoms with E-state index >= 15 is 0 Å². The molecule has 0 radical (unpaired) electrons. The van der Waals surface area contributed by atoms with Crippen LogP contribution in [0.2, 0.25) is 0 Å². The first kappa shape index (κ1) is 11.5. The summed E-state index contributed by atoms with van der Waals surface area (Å²) in [6.07, 6.45) is 0. The maximum Gasteiger partial charge on any atom is 0.306 e. The topological polar surface area (TPSA) is 43.4 Å². The van der Waals surface area contributed by atoms with Crippen molar-refractivity contribution in [3.8, 4) is 5.75 Å². The molecule has 0 aromatic heterocycles. The van der Waals surface area contributed by atoms with E-state index in [2.05, 4.69) is 15.9 Å². The monoisotopic (exact) mass is 282 g/mol. The Hall–Kier alpha value is -0.620. The highest BCUT2D eigenvalue weighted by atomic mass is 79.9. The molecule has 1 rings (SSSR count). The molecule has 0 heterocycles. The van der Waals surface area contributed by atoms with Crippen LogP contribution in [0.25, 0.3) is 0 Å². The standard InChI is InChI=1S/C8H8BrFO3S/c1-13-8-4-6(2-3-7(8)9)5-14(10,11)12/h2-4H,5H2,1H3. The fourth-order valence-corrected chi connectivity index (χ4v) is 1.98. The molecule has 0 aliphatic heterocycles. The van der Waals surface area contributed by atoms with Crippen LogP contribution in [0.3, 0.4) is 0 Å². The van der Waals surface area contributed by atoms with Crippen molar-refractivity contribution in [3.63, 3.8) is 0 Å². The van der Waals surface area contributed by atoms with E-state index in [1.54, 1.807) is 6.07 Å². The van der Waals surface area contributed by atoms with E-state index in [-0.39, 0.29) is 0 Å². The molecule has 0 saturated heterocycles. The van der Waals surface area contributed by atoms with Crippen molar-refractivity contribution in [2.24, 2.45) is 0 Å². The molecule has 0 bridgehead atoms. The normalized spacial score (nSPS) is 11.4. The average Bonchev–Trinajstić information content (AvgIpc) is 2.06. The lowest BCUT2D eigenvalue weighted by Crippen LogP contribution is -1.96. The first-order valence-corrected chi connectivity index (χ1v) is 6.01. The van der Waals surface area contributed by atoms with Gasteiger partial charge in [0.25, 0.3) is 0 Å². The average molecular weight is 283 g/mol. The summed E-state index contributed by atoms with van der Waals surface area (Å²) in [6.45, 7) is 0. The Bertz CT molecular complexity index is 430. The molecule has 1 aromatic rings. The van der Waals surface area contributed by atoms with Crippen molar-refractivity contribution < 1.29 is 17.0 Å². The highest BCUT2D eigenvalue weighted by Gasteiger charge is 2.10. The number of methoxy groups -OCH3 is 1. The lowest BCUT2D eigenvalue weighted by Gasteiger charge is -2.04. The van der Waals surface area contributed by atoms with Gasteiger partial charge in [0.05, 0.1) is 11.6 Å². The van der Waals surface area contributed by atoms with Gasteiger partial charge >= 0.3 is 10.2 Å². The van der Waals surface area contributed by atoms with Gasteiger partial charge in [-0.15, -0.1) is 3.89 Å². The largest absolute Gasteiger partial charge is 0.496 e. The molecule has 6 heteroatoms. The van der Waals surface area contributed by atoms with Gasteiger partial charge in [-0.25, -0.2) is 0 Å². The summed E-state index contributed by atoms with van der Waals surface area (Å²) >= 11 is 3.20. The molecule has 0 atom stereocenters. The van der Waals surface area contributed by atoms with Crippen LogP contribution in [-0.2, 0) is 16.0 Å². The first-order chi connectivity index (χ1) is 6.42. The quantitative estimate of drug-likeness (QED) is 0.799. The fourth-order valence-electron chi connectivity index (χ4n) is 0.993. The van der Waals surface area contributed by atoms with E-state index in [4.69, 9.17) is 4.74 Å². The number of halogens is 2. The highest BCUT2D eigenvalue weighted by molar-refractivity contribution is 9.10. The Morgan fingerprint density at radius 3 is 2.64 bits per heavy atom. The third-order valence-corrected chi connectivity index (χ3v) is 2.89. The molecule has 0 unspecified atom stereocenters. The maximum atomic E-state index is 12.3. The number of rotatable bonds is 3. The van der Waals surface area contributed by atoms with Gasteiger partial charge in [-0.3, -0.25) is 0 Å². The van der Waals surface area contributed by atoms with Crippen LogP contribution >= 0.6 is 15.9 Å². The van der Waals surface area contributed by atoms with Crippen molar-refractivity contribution in [3.05, 3.63) is 28.2 Å². The highest BCUT2D eigenvalue weighted by Crippen LogP contribution is 2.26. The number of benzene rings is 1. The molecule has 0 amide bonds. The van der Waals surface area contributed by atoms with E-state index in [9.17, 15) is 12.3 Å². The summed E-state index contributed by atoms with van der Waals surface area (Å²) in [4.78, 5) is 0. The van der Waals surface area contributed by atoms with Gasteiger partial charge in [-0.2, -0.15) is 8.42 Å². The van der Waals surface area contributed by atoms with Gasteiger partial charge in [0.1, 0.15) is 11.5 Å². The predicted octanol–water partition coefficient (Wildman–Crippen LogP) is 2.26. The van der Waals surface area contributed by atoms with Gasteiger partial charge in [0.2, 0.25) is 0 Å². The molecule has 0 aliphatic carbocycles. The molecule has 0 N–H and O–H groups in total. The fraction of sp³-hybridized carbons (Fsp3) is 0.250. The van der Waals surface area contributed by atoms with Crippen LogP contribution in [0.1, 0.15) is 5.56 Å². The van der Waals surface area contributed by atoms with Gasteiger partial charge < -0.3 is 4.74 Å². The molecule has 0 fully saturated rings. The third-order valence-electron chi connectivity index (χ3n) is 1.55. The Balaban J connectivity index is 3.01. The van der Waals surface area contributed by atoms with Crippen molar-refractivity contribution in [2.75, 3.05) is 7.11 Å². The maximum absolute atomic E-state index is 12.3. The van der Waals surface area contributed by atoms with E-state index in [0.717, 1.165) is 0 Å². The van der Waals surface area contributed by atoms with Crippen molar-refractivity contribution in [1.82, 2.24) is 0 Å². The Labute approximate surface area is 90.2 Å². The van der Waals surface area contributed by atoms with Crippen LogP contribution in [0.4, 0.5) is 3.89 Å². The molecule has 78 valence electrons. The summed E-state index contributed by atoms with van der Waals surface area (Å²) in [5, 5.41) is 0. The molecule has 0 saturated carbocycles. The second-order valence-electron chi connectivity index (χ2n) is 2.65. The minimum Gasteiger partial charge on any atom is -0.496 e. The summed E-state index contributed by atoms with van der Waals surface area (Å²) in [5.41, 5.74) is 0.354. The smallest absolute Gasteiger partial charge is 0.306 e. The van der Waals surface area contributed by atoms with E-state index in [1.807, 2.05) is 0 Å². The number of ether oxygens (including phenoxy) is 1. The zero-order valence-corrected chi connectivity index (χ0v) is 9.73. The minimum absolute atomic E-state index is 0.354. The molecular weight excluding hydrogens is 275 g/mol. The summed E-state index contributed by atoms with van der Waals surface area (Å²) < 4.78 is 38.7. The van der Waals surface area contributed by atoms with Gasteiger partial charge in [0.15, 0.2) is 0 Å². The zero-order chi connectivity index (χ0) is 10.8. The summed E-state index contributed by atoms with van der Waals surface area (Å²) in [6, 6.07) is 4.60. The van der Waals surface area contributed by atoms with Crippen molar-refractivity contribution in [1.29, 1.82) is 0 Å². The first-order valence-electron chi connectivity index (χ1n) is 3.67. The van der Waals surface area contributed by atoms with Crippen LogP contribution < -0.4 is 4.74 Å². The number of hydrogen-bond acceptors (Lipinski definition) is 3. The summed E-state index contributed by atoms with van der Waals surface area (Å²) in [7, 11) is -3.03. The lowest BCUT2D eigenvalue weighted by atomic mass is 10.2. The third kappa shape index (κ3) is 3.26. The van der Waals surface area contributed by atoms with Crippen LogP contribution in [0.15, 0.2) is 22.7 Å².